The topological polar surface area (TPSA) is 42.0 Å². The molecule has 1 aliphatic carbocycles. The Bertz CT molecular complexity index is 587. The molecule has 1 aromatic rings. The highest BCUT2D eigenvalue weighted by Crippen LogP contribution is 2.33. The summed E-state index contributed by atoms with van der Waals surface area (Å²) in [5.41, 5.74) is 0. The first-order chi connectivity index (χ1) is 11.7. The molecule has 2 atom stereocenters. The highest BCUT2D eigenvalue weighted by atomic mass is 32.1. The molecule has 2 aliphatic heterocycles. The van der Waals surface area contributed by atoms with Crippen molar-refractivity contribution in [3.63, 3.8) is 0 Å². The second kappa shape index (κ2) is 7.02. The van der Waals surface area contributed by atoms with E-state index in [0.717, 1.165) is 42.8 Å². The summed E-state index contributed by atoms with van der Waals surface area (Å²) >= 11 is 1.47. The van der Waals surface area contributed by atoms with Crippen molar-refractivity contribution in [1.82, 2.24) is 9.80 Å². The molecule has 0 radical (unpaired) electrons. The maximum absolute atomic E-state index is 12.9. The van der Waals surface area contributed by atoms with Crippen LogP contribution in [-0.2, 0) is 4.74 Å². The molecule has 132 valence electrons. The summed E-state index contributed by atoms with van der Waals surface area (Å²) in [6, 6.07) is 1.89. The van der Waals surface area contributed by atoms with Crippen LogP contribution in [0.2, 0.25) is 0 Å². The fourth-order valence-corrected chi connectivity index (χ4v) is 4.63. The van der Waals surface area contributed by atoms with Crippen molar-refractivity contribution in [3.05, 3.63) is 16.3 Å². The Kier molecular flexibility index (Phi) is 4.79. The summed E-state index contributed by atoms with van der Waals surface area (Å²) in [4.78, 5) is 18.1. The number of carbonyl (C=O) groups is 1. The van der Waals surface area contributed by atoms with E-state index in [2.05, 4.69) is 4.90 Å². The Hall–Kier alpha value is -1.11. The Labute approximate surface area is 147 Å². The molecule has 1 aromatic heterocycles. The van der Waals surface area contributed by atoms with Crippen molar-refractivity contribution in [1.29, 1.82) is 0 Å². The molecule has 3 heterocycles. The smallest absolute Gasteiger partial charge is 0.267 e. The molecule has 0 bridgehead atoms. The van der Waals surface area contributed by atoms with Gasteiger partial charge in [0, 0.05) is 38.6 Å². The predicted molar refractivity (Wildman–Crippen MR) is 93.8 cm³/mol. The number of rotatable bonds is 5. The Morgan fingerprint density at radius 2 is 2.25 bits per heavy atom. The molecular formula is C18H26N2O3S. The van der Waals surface area contributed by atoms with Crippen molar-refractivity contribution in [3.8, 4) is 5.75 Å². The Morgan fingerprint density at radius 3 is 3.04 bits per heavy atom. The number of ether oxygens (including phenoxy) is 2. The van der Waals surface area contributed by atoms with Gasteiger partial charge in [0.2, 0.25) is 0 Å². The maximum atomic E-state index is 12.9. The van der Waals surface area contributed by atoms with Crippen LogP contribution in [-0.4, -0.2) is 67.7 Å². The lowest BCUT2D eigenvalue weighted by Crippen LogP contribution is -2.35. The van der Waals surface area contributed by atoms with Gasteiger partial charge in [0.05, 0.1) is 19.3 Å². The molecule has 0 N–H and O–H groups in total. The third-order valence-electron chi connectivity index (χ3n) is 5.24. The van der Waals surface area contributed by atoms with Crippen molar-refractivity contribution in [2.45, 2.75) is 25.9 Å². The van der Waals surface area contributed by atoms with Gasteiger partial charge in [0.25, 0.3) is 5.91 Å². The monoisotopic (exact) mass is 350 g/mol. The van der Waals surface area contributed by atoms with Crippen LogP contribution in [0.15, 0.2) is 11.4 Å². The van der Waals surface area contributed by atoms with Crippen LogP contribution in [0.5, 0.6) is 5.75 Å². The second-order valence-electron chi connectivity index (χ2n) is 7.13. The Balaban J connectivity index is 1.41. The highest BCUT2D eigenvalue weighted by Gasteiger charge is 2.40. The highest BCUT2D eigenvalue weighted by molar-refractivity contribution is 7.12. The molecule has 3 fully saturated rings. The van der Waals surface area contributed by atoms with Gasteiger partial charge in [-0.05, 0) is 37.1 Å². The molecule has 6 heteroatoms. The summed E-state index contributed by atoms with van der Waals surface area (Å²) < 4.78 is 11.7. The number of hydrogen-bond donors (Lipinski definition) is 0. The van der Waals surface area contributed by atoms with E-state index in [9.17, 15) is 4.79 Å². The summed E-state index contributed by atoms with van der Waals surface area (Å²) in [7, 11) is 0. The lowest BCUT2D eigenvalue weighted by atomic mass is 10.1. The van der Waals surface area contributed by atoms with Crippen LogP contribution in [0.1, 0.15) is 29.4 Å². The average molecular weight is 350 g/mol. The number of thiophene rings is 1. The molecule has 0 spiro atoms. The average Bonchev–Trinajstić information content (AvgIpc) is 3.18. The molecule has 0 unspecified atom stereocenters. The van der Waals surface area contributed by atoms with E-state index in [4.69, 9.17) is 9.47 Å². The van der Waals surface area contributed by atoms with Crippen molar-refractivity contribution in [2.24, 2.45) is 11.8 Å². The molecular weight excluding hydrogens is 324 g/mol. The predicted octanol–water partition coefficient (Wildman–Crippen LogP) is 2.33. The standard InChI is InChI=1S/C18H26N2O3S/c1-2-22-15-5-8-24-17(15)18(21)20-11-14-10-19(9-13-3-4-13)6-7-23-16(14)12-20/h5,8,13-14,16H,2-4,6-7,9-12H2,1H3/t14-,16+/m1/s1. The summed E-state index contributed by atoms with van der Waals surface area (Å²) in [5, 5.41) is 1.93. The summed E-state index contributed by atoms with van der Waals surface area (Å²) in [5.74, 6) is 2.15. The number of hydrogen-bond acceptors (Lipinski definition) is 5. The van der Waals surface area contributed by atoms with Crippen LogP contribution in [0.4, 0.5) is 0 Å². The number of carbonyl (C=O) groups excluding carboxylic acids is 1. The van der Waals surface area contributed by atoms with Crippen molar-refractivity contribution < 1.29 is 14.3 Å². The normalized spacial score (nSPS) is 27.8. The van der Waals surface area contributed by atoms with Crippen LogP contribution in [0, 0.1) is 11.8 Å². The molecule has 2 saturated heterocycles. The largest absolute Gasteiger partial charge is 0.492 e. The van der Waals surface area contributed by atoms with Gasteiger partial charge in [-0.15, -0.1) is 11.3 Å². The minimum absolute atomic E-state index is 0.0962. The van der Waals surface area contributed by atoms with Gasteiger partial charge in [-0.25, -0.2) is 0 Å². The molecule has 1 saturated carbocycles. The molecule has 3 aliphatic rings. The number of nitrogens with zero attached hydrogens (tertiary/aromatic N) is 2. The zero-order chi connectivity index (χ0) is 16.5. The van der Waals surface area contributed by atoms with E-state index >= 15 is 0 Å². The van der Waals surface area contributed by atoms with Crippen LogP contribution in [0.25, 0.3) is 0 Å². The zero-order valence-corrected chi connectivity index (χ0v) is 15.1. The van der Waals surface area contributed by atoms with Gasteiger partial charge in [-0.3, -0.25) is 4.79 Å². The van der Waals surface area contributed by atoms with Gasteiger partial charge < -0.3 is 19.3 Å². The first-order valence-electron chi connectivity index (χ1n) is 9.08. The van der Waals surface area contributed by atoms with Crippen LogP contribution >= 0.6 is 11.3 Å². The maximum Gasteiger partial charge on any atom is 0.267 e. The van der Waals surface area contributed by atoms with E-state index in [1.807, 2.05) is 23.3 Å². The quantitative estimate of drug-likeness (QED) is 0.817. The van der Waals surface area contributed by atoms with Gasteiger partial charge in [0.15, 0.2) is 0 Å². The van der Waals surface area contributed by atoms with E-state index in [0.29, 0.717) is 19.1 Å². The lowest BCUT2D eigenvalue weighted by Gasteiger charge is -2.23. The minimum Gasteiger partial charge on any atom is -0.492 e. The van der Waals surface area contributed by atoms with Gasteiger partial charge in [-0.1, -0.05) is 0 Å². The van der Waals surface area contributed by atoms with E-state index < -0.39 is 0 Å². The molecule has 5 nitrogen and oxygen atoms in total. The molecule has 4 rings (SSSR count). The summed E-state index contributed by atoms with van der Waals surface area (Å²) in [6.45, 7) is 8.14. The summed E-state index contributed by atoms with van der Waals surface area (Å²) in [6.07, 6.45) is 2.96. The zero-order valence-electron chi connectivity index (χ0n) is 14.3. The van der Waals surface area contributed by atoms with E-state index in [1.54, 1.807) is 0 Å². The van der Waals surface area contributed by atoms with Crippen molar-refractivity contribution >= 4 is 17.2 Å². The third-order valence-corrected chi connectivity index (χ3v) is 6.12. The van der Waals surface area contributed by atoms with Gasteiger partial charge >= 0.3 is 0 Å². The molecule has 0 aromatic carbocycles. The van der Waals surface area contributed by atoms with Crippen LogP contribution in [0.3, 0.4) is 0 Å². The molecule has 24 heavy (non-hydrogen) atoms. The fraction of sp³-hybridized carbons (Fsp3) is 0.722. The minimum atomic E-state index is 0.0962. The number of amides is 1. The van der Waals surface area contributed by atoms with Crippen molar-refractivity contribution in [2.75, 3.05) is 45.9 Å². The first kappa shape index (κ1) is 16.4. The van der Waals surface area contributed by atoms with E-state index in [1.165, 1.54) is 30.7 Å². The Morgan fingerprint density at radius 1 is 1.38 bits per heavy atom. The number of fused-ring (bicyclic) bond motifs is 1. The lowest BCUT2D eigenvalue weighted by molar-refractivity contribution is 0.0484. The van der Waals surface area contributed by atoms with Crippen LogP contribution < -0.4 is 4.74 Å². The fourth-order valence-electron chi connectivity index (χ4n) is 3.83. The first-order valence-corrected chi connectivity index (χ1v) is 9.96. The second-order valence-corrected chi connectivity index (χ2v) is 8.05. The third kappa shape index (κ3) is 3.46. The van der Waals surface area contributed by atoms with Gasteiger partial charge in [0.1, 0.15) is 10.6 Å². The molecule has 1 amide bonds. The SMILES string of the molecule is CCOc1ccsc1C(=O)N1C[C@H]2CN(CC3CC3)CCO[C@H]2C1. The number of likely N-dealkylation sites (tertiary alicyclic amines) is 1. The van der Waals surface area contributed by atoms with Gasteiger partial charge in [-0.2, -0.15) is 0 Å². The van der Waals surface area contributed by atoms with E-state index in [-0.39, 0.29) is 12.0 Å².